The van der Waals surface area contributed by atoms with Crippen LogP contribution in [-0.4, -0.2) is 22.5 Å². The first kappa shape index (κ1) is 15.0. The molecular weight excluding hydrogens is 266 g/mol. The third-order valence-corrected chi connectivity index (χ3v) is 2.93. The topological polar surface area (TPSA) is 64.1 Å². The fourth-order valence-electron chi connectivity index (χ4n) is 1.91. The van der Waals surface area contributed by atoms with E-state index in [0.29, 0.717) is 19.6 Å². The van der Waals surface area contributed by atoms with E-state index in [0.717, 1.165) is 22.7 Å². The summed E-state index contributed by atoms with van der Waals surface area (Å²) in [5.41, 5.74) is 2.65. The summed E-state index contributed by atoms with van der Waals surface area (Å²) < 4.78 is 5.37. The van der Waals surface area contributed by atoms with Crippen LogP contribution in [0.3, 0.4) is 0 Å². The second-order valence-corrected chi connectivity index (χ2v) is 4.68. The zero-order valence-corrected chi connectivity index (χ0v) is 12.3. The van der Waals surface area contributed by atoms with Gasteiger partial charge in [0.2, 0.25) is 5.91 Å². The standard InChI is InChI=1S/C16H19N3O2/c1-3-21-15-6-4-13(5-7-15)9-16(20)17-10-14-8-12(2)18-11-19-14/h4-8,11H,3,9-10H2,1-2H3,(H,17,20). The van der Waals surface area contributed by atoms with Crippen LogP contribution in [0.4, 0.5) is 0 Å². The van der Waals surface area contributed by atoms with Crippen LogP contribution in [-0.2, 0) is 17.8 Å². The van der Waals surface area contributed by atoms with Crippen LogP contribution in [0.2, 0.25) is 0 Å². The Morgan fingerprint density at radius 1 is 1.24 bits per heavy atom. The number of carbonyl (C=O) groups excluding carboxylic acids is 1. The van der Waals surface area contributed by atoms with E-state index in [1.54, 1.807) is 0 Å². The van der Waals surface area contributed by atoms with Gasteiger partial charge in [-0.05, 0) is 37.6 Å². The molecule has 5 nitrogen and oxygen atoms in total. The van der Waals surface area contributed by atoms with Crippen molar-refractivity contribution in [2.24, 2.45) is 0 Å². The lowest BCUT2D eigenvalue weighted by Crippen LogP contribution is -2.25. The van der Waals surface area contributed by atoms with Crippen LogP contribution in [0.1, 0.15) is 23.9 Å². The molecule has 1 aromatic heterocycles. The van der Waals surface area contributed by atoms with Crippen LogP contribution in [0.15, 0.2) is 36.7 Å². The molecule has 5 heteroatoms. The van der Waals surface area contributed by atoms with E-state index < -0.39 is 0 Å². The molecule has 0 unspecified atom stereocenters. The van der Waals surface area contributed by atoms with Gasteiger partial charge in [0.05, 0.1) is 25.3 Å². The molecule has 1 N–H and O–H groups in total. The number of nitrogens with one attached hydrogen (secondary N) is 1. The number of rotatable bonds is 6. The molecule has 1 heterocycles. The van der Waals surface area contributed by atoms with Gasteiger partial charge in [-0.3, -0.25) is 4.79 Å². The molecule has 0 fully saturated rings. The zero-order chi connectivity index (χ0) is 15.1. The Labute approximate surface area is 124 Å². The highest BCUT2D eigenvalue weighted by Crippen LogP contribution is 2.12. The molecule has 0 saturated carbocycles. The number of aryl methyl sites for hydroxylation is 1. The molecule has 1 amide bonds. The average Bonchev–Trinajstić information content (AvgIpc) is 2.48. The number of benzene rings is 1. The number of carbonyl (C=O) groups is 1. The molecule has 0 bridgehead atoms. The predicted octanol–water partition coefficient (Wildman–Crippen LogP) is 2.04. The Morgan fingerprint density at radius 2 is 2.00 bits per heavy atom. The molecule has 0 aliphatic carbocycles. The van der Waals surface area contributed by atoms with Crippen molar-refractivity contribution in [1.29, 1.82) is 0 Å². The second-order valence-electron chi connectivity index (χ2n) is 4.68. The first-order valence-corrected chi connectivity index (χ1v) is 6.93. The largest absolute Gasteiger partial charge is 0.494 e. The predicted molar refractivity (Wildman–Crippen MR) is 79.9 cm³/mol. The maximum Gasteiger partial charge on any atom is 0.224 e. The summed E-state index contributed by atoms with van der Waals surface area (Å²) in [5, 5.41) is 2.85. The number of aromatic nitrogens is 2. The molecule has 1 aromatic carbocycles. The Hall–Kier alpha value is -2.43. The lowest BCUT2D eigenvalue weighted by molar-refractivity contribution is -0.120. The summed E-state index contributed by atoms with van der Waals surface area (Å²) in [4.78, 5) is 20.0. The van der Waals surface area contributed by atoms with Crippen LogP contribution < -0.4 is 10.1 Å². The van der Waals surface area contributed by atoms with Gasteiger partial charge in [0.1, 0.15) is 12.1 Å². The van der Waals surface area contributed by atoms with Crippen LogP contribution in [0.5, 0.6) is 5.75 Å². The summed E-state index contributed by atoms with van der Waals surface area (Å²) in [6.07, 6.45) is 1.85. The van der Waals surface area contributed by atoms with Gasteiger partial charge in [0.25, 0.3) is 0 Å². The number of ether oxygens (including phenoxy) is 1. The summed E-state index contributed by atoms with van der Waals surface area (Å²) in [7, 11) is 0. The van der Waals surface area contributed by atoms with Crippen molar-refractivity contribution in [3.63, 3.8) is 0 Å². The number of nitrogens with zero attached hydrogens (tertiary/aromatic N) is 2. The van der Waals surface area contributed by atoms with Crippen molar-refractivity contribution in [2.75, 3.05) is 6.61 Å². The lowest BCUT2D eigenvalue weighted by Gasteiger charge is -2.06. The van der Waals surface area contributed by atoms with Gasteiger partial charge in [-0.25, -0.2) is 9.97 Å². The monoisotopic (exact) mass is 285 g/mol. The summed E-state index contributed by atoms with van der Waals surface area (Å²) in [6, 6.07) is 9.41. The minimum absolute atomic E-state index is 0.0320. The van der Waals surface area contributed by atoms with E-state index in [-0.39, 0.29) is 5.91 Å². The van der Waals surface area contributed by atoms with Gasteiger partial charge in [0, 0.05) is 5.69 Å². The van der Waals surface area contributed by atoms with E-state index in [4.69, 9.17) is 4.74 Å². The van der Waals surface area contributed by atoms with E-state index in [1.807, 2.05) is 44.2 Å². The van der Waals surface area contributed by atoms with Crippen molar-refractivity contribution in [3.8, 4) is 5.75 Å². The molecule has 0 saturated heterocycles. The van der Waals surface area contributed by atoms with Gasteiger partial charge in [0.15, 0.2) is 0 Å². The third-order valence-electron chi connectivity index (χ3n) is 2.93. The fourth-order valence-corrected chi connectivity index (χ4v) is 1.91. The molecule has 0 atom stereocenters. The van der Waals surface area contributed by atoms with Crippen LogP contribution in [0, 0.1) is 6.92 Å². The van der Waals surface area contributed by atoms with E-state index in [2.05, 4.69) is 15.3 Å². The third kappa shape index (κ3) is 4.87. The first-order valence-electron chi connectivity index (χ1n) is 6.93. The molecule has 21 heavy (non-hydrogen) atoms. The van der Waals surface area contributed by atoms with Crippen LogP contribution >= 0.6 is 0 Å². The smallest absolute Gasteiger partial charge is 0.224 e. The molecule has 0 radical (unpaired) electrons. The Kier molecular flexibility index (Phi) is 5.26. The molecule has 2 rings (SSSR count). The van der Waals surface area contributed by atoms with Crippen molar-refractivity contribution < 1.29 is 9.53 Å². The normalized spacial score (nSPS) is 10.2. The molecule has 0 aliphatic rings. The summed E-state index contributed by atoms with van der Waals surface area (Å²) >= 11 is 0. The summed E-state index contributed by atoms with van der Waals surface area (Å²) in [6.45, 7) is 4.89. The minimum atomic E-state index is -0.0320. The summed E-state index contributed by atoms with van der Waals surface area (Å²) in [5.74, 6) is 0.786. The average molecular weight is 285 g/mol. The minimum Gasteiger partial charge on any atom is -0.494 e. The Balaban J connectivity index is 1.84. The maximum atomic E-state index is 11.9. The number of hydrogen-bond donors (Lipinski definition) is 1. The van der Waals surface area contributed by atoms with Crippen LogP contribution in [0.25, 0.3) is 0 Å². The lowest BCUT2D eigenvalue weighted by atomic mass is 10.1. The second kappa shape index (κ2) is 7.38. The van der Waals surface area contributed by atoms with Gasteiger partial charge < -0.3 is 10.1 Å². The maximum absolute atomic E-state index is 11.9. The SMILES string of the molecule is CCOc1ccc(CC(=O)NCc2cc(C)ncn2)cc1. The van der Waals surface area contributed by atoms with Gasteiger partial charge >= 0.3 is 0 Å². The van der Waals surface area contributed by atoms with Crippen molar-refractivity contribution >= 4 is 5.91 Å². The van der Waals surface area contributed by atoms with Gasteiger partial charge in [-0.15, -0.1) is 0 Å². The highest BCUT2D eigenvalue weighted by molar-refractivity contribution is 5.78. The Bertz CT molecular complexity index is 597. The van der Waals surface area contributed by atoms with Crippen molar-refractivity contribution in [1.82, 2.24) is 15.3 Å². The molecule has 0 spiro atoms. The fraction of sp³-hybridized carbons (Fsp3) is 0.312. The molecule has 2 aromatic rings. The highest BCUT2D eigenvalue weighted by atomic mass is 16.5. The first-order chi connectivity index (χ1) is 10.2. The van der Waals surface area contributed by atoms with E-state index in [9.17, 15) is 4.79 Å². The zero-order valence-electron chi connectivity index (χ0n) is 12.3. The highest BCUT2D eigenvalue weighted by Gasteiger charge is 2.04. The molecule has 110 valence electrons. The number of hydrogen-bond acceptors (Lipinski definition) is 4. The molecular formula is C16H19N3O2. The van der Waals surface area contributed by atoms with Crippen molar-refractivity contribution in [2.45, 2.75) is 26.8 Å². The van der Waals surface area contributed by atoms with Crippen molar-refractivity contribution in [3.05, 3.63) is 53.6 Å². The van der Waals surface area contributed by atoms with E-state index in [1.165, 1.54) is 6.33 Å². The quantitative estimate of drug-likeness (QED) is 0.882. The molecule has 0 aliphatic heterocycles. The van der Waals surface area contributed by atoms with Gasteiger partial charge in [-0.2, -0.15) is 0 Å². The van der Waals surface area contributed by atoms with E-state index >= 15 is 0 Å². The van der Waals surface area contributed by atoms with Gasteiger partial charge in [-0.1, -0.05) is 12.1 Å². The number of amides is 1. The Morgan fingerprint density at radius 3 is 2.67 bits per heavy atom.